The summed E-state index contributed by atoms with van der Waals surface area (Å²) in [7, 11) is 4.50. The number of aliphatic hydroxyl groups is 2. The fourth-order valence-electron chi connectivity index (χ4n) is 11.9. The number of primary amides is 1. The van der Waals surface area contributed by atoms with Crippen LogP contribution in [-0.4, -0.2) is 193 Å². The number of nitrogens with zero attached hydrogens (tertiary/aromatic N) is 3. The third kappa shape index (κ3) is 26.1. The predicted molar refractivity (Wildman–Crippen MR) is 363 cm³/mol. The highest BCUT2D eigenvalue weighted by Crippen LogP contribution is 2.33. The van der Waals surface area contributed by atoms with Gasteiger partial charge in [-0.05, 0) is 97.8 Å². The van der Waals surface area contributed by atoms with E-state index in [1.54, 1.807) is 70.8 Å². The van der Waals surface area contributed by atoms with E-state index in [2.05, 4.69) is 37.2 Å². The number of carbonyl (C=O) groups is 10. The van der Waals surface area contributed by atoms with Gasteiger partial charge >= 0.3 is 18.2 Å². The Hall–Kier alpha value is -7.62. The first-order valence-corrected chi connectivity index (χ1v) is 33.8. The number of benzene rings is 2. The van der Waals surface area contributed by atoms with E-state index in [9.17, 15) is 58.2 Å². The number of likely N-dealkylation sites (N-methyl/N-ethyl adjacent to an activating group) is 2. The molecular weight excluding hydrogens is 1240 g/mol. The van der Waals surface area contributed by atoms with Gasteiger partial charge in [-0.3, -0.25) is 38.5 Å². The predicted octanol–water partition coefficient (Wildman–Crippen LogP) is 5.71. The number of methoxy groups -OCH3 is 1. The van der Waals surface area contributed by atoms with Crippen LogP contribution >= 0.6 is 0 Å². The average molecular weight is 1350 g/mol. The third-order valence-electron chi connectivity index (χ3n) is 18.0. The Kier molecular flexibility index (Phi) is 35.7. The van der Waals surface area contributed by atoms with E-state index in [4.69, 9.17) is 24.7 Å². The number of aliphatic hydroxyl groups excluding tert-OH is 2. The molecule has 96 heavy (non-hydrogen) atoms. The molecule has 27 heteroatoms. The van der Waals surface area contributed by atoms with E-state index in [0.29, 0.717) is 36.2 Å². The molecule has 2 aromatic carbocycles. The number of carbonyl (C=O) groups excluding carboxylic acids is 10. The zero-order chi connectivity index (χ0) is 72.1. The second-order valence-corrected chi connectivity index (χ2v) is 26.4. The van der Waals surface area contributed by atoms with Gasteiger partial charge < -0.3 is 81.9 Å². The zero-order valence-corrected chi connectivity index (χ0v) is 59.4. The van der Waals surface area contributed by atoms with Crippen molar-refractivity contribution in [3.8, 4) is 0 Å². The lowest BCUT2D eigenvalue weighted by molar-refractivity contribution is -0.181. The lowest BCUT2D eigenvalue weighted by Gasteiger charge is -2.40. The van der Waals surface area contributed by atoms with Crippen LogP contribution in [0.25, 0.3) is 0 Å². The first kappa shape index (κ1) is 82.6. The quantitative estimate of drug-likeness (QED) is 0.0282. The van der Waals surface area contributed by atoms with Crippen molar-refractivity contribution in [2.24, 2.45) is 47.2 Å². The lowest BCUT2D eigenvalue weighted by atomic mass is 9.84. The maximum atomic E-state index is 14.7. The van der Waals surface area contributed by atoms with Gasteiger partial charge in [0.25, 0.3) is 0 Å². The van der Waals surface area contributed by atoms with Crippen LogP contribution in [0.2, 0.25) is 0 Å². The van der Waals surface area contributed by atoms with Gasteiger partial charge in [0, 0.05) is 77.4 Å². The molecule has 2 aromatic rings. The van der Waals surface area contributed by atoms with E-state index in [1.807, 2.05) is 90.6 Å². The van der Waals surface area contributed by atoms with Gasteiger partial charge in [0.1, 0.15) is 37.4 Å². The molecule has 1 fully saturated rings. The van der Waals surface area contributed by atoms with E-state index in [-0.39, 0.29) is 106 Å². The number of likely N-dealkylation sites (tertiary alicyclic amines) is 1. The number of urea groups is 1. The van der Waals surface area contributed by atoms with Crippen molar-refractivity contribution in [2.75, 3.05) is 59.4 Å². The molecule has 0 bridgehead atoms. The summed E-state index contributed by atoms with van der Waals surface area (Å²) in [5.41, 5.74) is 6.79. The van der Waals surface area contributed by atoms with Crippen LogP contribution in [0.5, 0.6) is 0 Å². The van der Waals surface area contributed by atoms with Crippen molar-refractivity contribution in [3.63, 3.8) is 0 Å². The van der Waals surface area contributed by atoms with Gasteiger partial charge in [0.2, 0.25) is 41.4 Å². The highest BCUT2D eigenvalue weighted by molar-refractivity contribution is 5.98. The highest BCUT2D eigenvalue weighted by atomic mass is 16.7. The van der Waals surface area contributed by atoms with E-state index in [1.165, 1.54) is 19.1 Å². The molecule has 1 heterocycles. The molecular formula is C69H113N11O16. The van der Waals surface area contributed by atoms with Crippen molar-refractivity contribution in [1.29, 1.82) is 0 Å². The first-order chi connectivity index (χ1) is 45.3. The Balaban J connectivity index is 1.64. The third-order valence-corrected chi connectivity index (χ3v) is 18.0. The van der Waals surface area contributed by atoms with Crippen molar-refractivity contribution < 1.29 is 77.1 Å². The summed E-state index contributed by atoms with van der Waals surface area (Å²) in [6.07, 6.45) is -1.05. The Morgan fingerprint density at radius 2 is 1.35 bits per heavy atom. The number of nitrogens with one attached hydrogen (secondary N) is 7. The fourth-order valence-corrected chi connectivity index (χ4v) is 11.9. The second kappa shape index (κ2) is 41.5. The van der Waals surface area contributed by atoms with E-state index in [0.717, 1.165) is 12.8 Å². The van der Waals surface area contributed by atoms with Gasteiger partial charge in [0.15, 0.2) is 6.29 Å². The number of hydrogen-bond donors (Lipinski definition) is 10. The Labute approximate surface area is 567 Å². The smallest absolute Gasteiger partial charge is 0.410 e. The molecule has 3 rings (SSSR count). The number of anilines is 1. The molecule has 14 atom stereocenters. The molecule has 0 saturated carbocycles. The molecule has 11 amide bonds. The van der Waals surface area contributed by atoms with Crippen LogP contribution in [0.15, 0.2) is 54.6 Å². The zero-order valence-electron chi connectivity index (χ0n) is 59.4. The van der Waals surface area contributed by atoms with Gasteiger partial charge in [-0.15, -0.1) is 0 Å². The second-order valence-electron chi connectivity index (χ2n) is 26.4. The summed E-state index contributed by atoms with van der Waals surface area (Å²) < 4.78 is 21.5. The normalized spacial score (nSPS) is 17.1. The molecule has 27 nitrogen and oxygen atoms in total. The summed E-state index contributed by atoms with van der Waals surface area (Å²) in [6, 6.07) is 9.31. The standard InChI is InChI=1S/C69H113N11O16/c1-17-43(9)60(44(10)36-55(83)80-35-23-27-53(80)45(11)46(12)62(85)73-47(13)61(84)49-24-20-19-21-25-49)78(14)66(89)58(41(5)6)77-65(88)59(42(7)8)79(15)69(92)95-38-48-28-30-50(31-29-48)74-63(86)52(26-22-33-71-67(70)90)75-64(87)57(40(3)4)76-54(82)32-34-72-68(91)94-39-56(93-16)96-51(18-2)37-81/h19-21,24-25,28-31,40-47,51-53,56-61,81,84H,17-18,22-23,26-27,32-39H2,1-16H3,(H,72,91)(H,73,85)(H,74,86)(H,75,87)(H,76,82)(H,77,88)(H3,70,71,90)/t43-,44?,45+,46+,47+,51?,52+,53-,56?,57+,58-,59-,60-,61+/m0/s1. The molecule has 0 radical (unpaired) electrons. The number of alkyl carbamates (subject to hydrolysis) is 1. The average Bonchev–Trinajstić information content (AvgIpc) is 1.73. The molecule has 1 saturated heterocycles. The minimum Gasteiger partial charge on any atom is -0.445 e. The topological polar surface area (TPSA) is 368 Å². The molecule has 0 spiro atoms. The Morgan fingerprint density at radius 1 is 0.708 bits per heavy atom. The SMILES string of the molecule is CCC(CO)OC(COC(=O)NCCC(=O)N[C@@H](C(=O)N[C@H](CCCNC(N)=O)C(=O)Nc1ccc(COC(=O)N(C)[C@H](C(=O)N[C@H](C(=O)N(C)[C@H](C(C)CC(=O)N2CCC[C@H]2[C@H](C)[C@@H](C)C(=O)N[C@H](C)[C@@H](O)c2ccccc2)[C@@H](C)CC)C(C)C)C(C)C)cc1)C(C)C)OC. The van der Waals surface area contributed by atoms with Crippen molar-refractivity contribution in [1.82, 2.24) is 46.6 Å². The summed E-state index contributed by atoms with van der Waals surface area (Å²) in [5, 5.41) is 39.3. The molecule has 3 unspecified atom stereocenters. The van der Waals surface area contributed by atoms with E-state index >= 15 is 0 Å². The molecule has 11 N–H and O–H groups in total. The number of ether oxygens (including phenoxy) is 4. The van der Waals surface area contributed by atoms with Crippen LogP contribution in [0.3, 0.4) is 0 Å². The van der Waals surface area contributed by atoms with Crippen LogP contribution in [0, 0.1) is 41.4 Å². The molecule has 0 aromatic heterocycles. The monoisotopic (exact) mass is 1350 g/mol. The lowest BCUT2D eigenvalue weighted by Crippen LogP contribution is -2.59. The highest BCUT2D eigenvalue weighted by Gasteiger charge is 2.42. The van der Waals surface area contributed by atoms with Crippen LogP contribution in [-0.2, 0) is 59.1 Å². The Bertz CT molecular complexity index is 2790. The van der Waals surface area contributed by atoms with E-state index < -0.39 is 114 Å². The minimum absolute atomic E-state index is 0.0374. The van der Waals surface area contributed by atoms with Gasteiger partial charge in [-0.25, -0.2) is 14.4 Å². The van der Waals surface area contributed by atoms with Crippen LogP contribution < -0.4 is 43.0 Å². The van der Waals surface area contributed by atoms with Crippen LogP contribution in [0.1, 0.15) is 159 Å². The maximum Gasteiger partial charge on any atom is 0.410 e. The molecule has 540 valence electrons. The first-order valence-electron chi connectivity index (χ1n) is 33.8. The van der Waals surface area contributed by atoms with Gasteiger partial charge in [-0.2, -0.15) is 0 Å². The number of amides is 11. The molecule has 1 aliphatic rings. The van der Waals surface area contributed by atoms with Crippen molar-refractivity contribution >= 4 is 65.3 Å². The van der Waals surface area contributed by atoms with Gasteiger partial charge in [0.05, 0.1) is 24.9 Å². The van der Waals surface area contributed by atoms with Gasteiger partial charge in [-0.1, -0.05) is 132 Å². The molecule has 0 aliphatic carbocycles. The summed E-state index contributed by atoms with van der Waals surface area (Å²) in [5.74, 6) is -5.26. The van der Waals surface area contributed by atoms with Crippen molar-refractivity contribution in [3.05, 3.63) is 65.7 Å². The summed E-state index contributed by atoms with van der Waals surface area (Å²) in [6.45, 7) is 23.8. The largest absolute Gasteiger partial charge is 0.445 e. The van der Waals surface area contributed by atoms with Crippen LogP contribution in [0.4, 0.5) is 20.1 Å². The summed E-state index contributed by atoms with van der Waals surface area (Å²) >= 11 is 0. The number of hydrogen-bond acceptors (Lipinski definition) is 16. The summed E-state index contributed by atoms with van der Waals surface area (Å²) in [4.78, 5) is 140. The van der Waals surface area contributed by atoms with Crippen molar-refractivity contribution in [2.45, 2.75) is 209 Å². The number of rotatable bonds is 40. The maximum absolute atomic E-state index is 14.7. The fraction of sp³-hybridized carbons (Fsp3) is 0.681. The Morgan fingerprint density at radius 3 is 1.93 bits per heavy atom. The minimum atomic E-state index is -1.15. The number of nitrogens with two attached hydrogens (primary N) is 1. The molecule has 1 aliphatic heterocycles.